The van der Waals surface area contributed by atoms with Crippen molar-refractivity contribution in [1.82, 2.24) is 4.90 Å². The van der Waals surface area contributed by atoms with Gasteiger partial charge >= 0.3 is 0 Å². The number of likely N-dealkylation sites (tertiary alicyclic amines) is 1. The van der Waals surface area contributed by atoms with Crippen LogP contribution in [0.1, 0.15) is 24.8 Å². The van der Waals surface area contributed by atoms with Crippen LogP contribution in [0.25, 0.3) is 0 Å². The van der Waals surface area contributed by atoms with Gasteiger partial charge in [0, 0.05) is 18.7 Å². The number of nitrogens with zero attached hydrogens (tertiary/aromatic N) is 1. The average Bonchev–Trinajstić information content (AvgIpc) is 3.12. The summed E-state index contributed by atoms with van der Waals surface area (Å²) in [6.07, 6.45) is 2.83. The van der Waals surface area contributed by atoms with Crippen LogP contribution in [-0.2, 0) is 16.1 Å². The molecule has 0 saturated carbocycles. The van der Waals surface area contributed by atoms with Crippen molar-refractivity contribution in [3.05, 3.63) is 23.8 Å². The average molecular weight is 348 g/mol. The maximum atomic E-state index is 11.6. The molecule has 138 valence electrons. The van der Waals surface area contributed by atoms with Crippen LogP contribution < -0.4 is 15.2 Å². The fourth-order valence-corrected chi connectivity index (χ4v) is 4.14. The highest BCUT2D eigenvalue weighted by atomic mass is 16.5. The highest BCUT2D eigenvalue weighted by Crippen LogP contribution is 2.35. The van der Waals surface area contributed by atoms with Crippen molar-refractivity contribution < 1.29 is 19.0 Å². The van der Waals surface area contributed by atoms with Crippen molar-refractivity contribution in [2.24, 2.45) is 17.6 Å². The summed E-state index contributed by atoms with van der Waals surface area (Å²) in [4.78, 5) is 14.0. The first-order valence-electron chi connectivity index (χ1n) is 8.97. The van der Waals surface area contributed by atoms with Gasteiger partial charge in [-0.25, -0.2) is 0 Å². The number of benzene rings is 1. The molecule has 2 aliphatic rings. The summed E-state index contributed by atoms with van der Waals surface area (Å²) >= 11 is 0. The van der Waals surface area contributed by atoms with E-state index in [0.29, 0.717) is 12.5 Å². The van der Waals surface area contributed by atoms with E-state index in [9.17, 15) is 4.79 Å². The molecule has 2 aliphatic heterocycles. The van der Waals surface area contributed by atoms with Gasteiger partial charge in [0.25, 0.3) is 0 Å². The lowest BCUT2D eigenvalue weighted by Crippen LogP contribution is -2.41. The van der Waals surface area contributed by atoms with Crippen molar-refractivity contribution in [3.63, 3.8) is 0 Å². The first-order chi connectivity index (χ1) is 12.1. The number of nitrogens with two attached hydrogens (primary N) is 1. The lowest BCUT2D eigenvalue weighted by Gasteiger charge is -2.36. The summed E-state index contributed by atoms with van der Waals surface area (Å²) in [5.74, 6) is 1.66. The Balaban J connectivity index is 1.59. The molecule has 1 aromatic rings. The second kappa shape index (κ2) is 8.06. The minimum absolute atomic E-state index is 0.00556. The summed E-state index contributed by atoms with van der Waals surface area (Å²) in [5, 5.41) is 0. The number of carbonyl (C=O) groups is 1. The molecule has 6 nitrogen and oxygen atoms in total. The first kappa shape index (κ1) is 18.0. The zero-order valence-corrected chi connectivity index (χ0v) is 15.1. The van der Waals surface area contributed by atoms with E-state index in [4.69, 9.17) is 19.9 Å². The Morgan fingerprint density at radius 3 is 2.64 bits per heavy atom. The molecule has 3 rings (SSSR count). The molecule has 0 aromatic heterocycles. The second-order valence-corrected chi connectivity index (χ2v) is 6.90. The van der Waals surface area contributed by atoms with Crippen LogP contribution in [0.5, 0.6) is 11.5 Å². The van der Waals surface area contributed by atoms with Crippen LogP contribution in [0.2, 0.25) is 0 Å². The van der Waals surface area contributed by atoms with E-state index >= 15 is 0 Å². The molecule has 0 aliphatic carbocycles. The Kier molecular flexibility index (Phi) is 5.81. The highest BCUT2D eigenvalue weighted by molar-refractivity contribution is 5.77. The molecule has 1 aromatic carbocycles. The summed E-state index contributed by atoms with van der Waals surface area (Å²) in [6.45, 7) is 3.45. The van der Waals surface area contributed by atoms with Gasteiger partial charge in [-0.15, -0.1) is 0 Å². The third-order valence-electron chi connectivity index (χ3n) is 5.48. The van der Waals surface area contributed by atoms with Gasteiger partial charge in [0.2, 0.25) is 5.91 Å². The number of ether oxygens (including phenoxy) is 3. The maximum absolute atomic E-state index is 11.6. The molecule has 2 N–H and O–H groups in total. The van der Waals surface area contributed by atoms with Crippen LogP contribution in [0.4, 0.5) is 0 Å². The maximum Gasteiger partial charge on any atom is 0.223 e. The van der Waals surface area contributed by atoms with Crippen LogP contribution in [0, 0.1) is 11.8 Å². The predicted molar refractivity (Wildman–Crippen MR) is 94.6 cm³/mol. The van der Waals surface area contributed by atoms with E-state index < -0.39 is 0 Å². The summed E-state index contributed by atoms with van der Waals surface area (Å²) in [7, 11) is 3.33. The van der Waals surface area contributed by atoms with Crippen LogP contribution in [0.15, 0.2) is 18.2 Å². The molecular formula is C19H28N2O4. The molecule has 2 atom stereocenters. The van der Waals surface area contributed by atoms with E-state index in [0.717, 1.165) is 56.0 Å². The minimum Gasteiger partial charge on any atom is -0.493 e. The van der Waals surface area contributed by atoms with E-state index in [-0.39, 0.29) is 17.9 Å². The number of primary amides is 1. The number of methoxy groups -OCH3 is 2. The van der Waals surface area contributed by atoms with E-state index in [1.165, 1.54) is 0 Å². The molecule has 2 heterocycles. The Morgan fingerprint density at radius 1 is 1.24 bits per heavy atom. The topological polar surface area (TPSA) is 74.0 Å². The first-order valence-corrected chi connectivity index (χ1v) is 8.97. The highest BCUT2D eigenvalue weighted by Gasteiger charge is 2.39. The molecule has 25 heavy (non-hydrogen) atoms. The van der Waals surface area contributed by atoms with Crippen molar-refractivity contribution in [3.8, 4) is 11.5 Å². The smallest absolute Gasteiger partial charge is 0.223 e. The predicted octanol–water partition coefficient (Wildman–Crippen LogP) is 1.81. The molecule has 6 heteroatoms. The van der Waals surface area contributed by atoms with Crippen LogP contribution in [-0.4, -0.2) is 50.8 Å². The molecular weight excluding hydrogens is 320 g/mol. The van der Waals surface area contributed by atoms with Crippen molar-refractivity contribution in [2.45, 2.75) is 31.9 Å². The Bertz CT molecular complexity index is 599. The summed E-state index contributed by atoms with van der Waals surface area (Å²) in [6, 6.07) is 5.99. The number of rotatable bonds is 6. The largest absolute Gasteiger partial charge is 0.493 e. The molecule has 2 fully saturated rings. The Labute approximate surface area is 149 Å². The fourth-order valence-electron chi connectivity index (χ4n) is 4.14. The third-order valence-corrected chi connectivity index (χ3v) is 5.48. The molecule has 0 radical (unpaired) electrons. The van der Waals surface area contributed by atoms with E-state index in [1.54, 1.807) is 14.2 Å². The van der Waals surface area contributed by atoms with Crippen LogP contribution >= 0.6 is 0 Å². The second-order valence-electron chi connectivity index (χ2n) is 6.90. The van der Waals surface area contributed by atoms with E-state index in [2.05, 4.69) is 11.0 Å². The number of carbonyl (C=O) groups excluding carboxylic acids is 1. The number of hydrogen-bond donors (Lipinski definition) is 1. The fraction of sp³-hybridized carbons (Fsp3) is 0.632. The lowest BCUT2D eigenvalue weighted by atomic mass is 9.84. The Morgan fingerprint density at radius 2 is 2.00 bits per heavy atom. The number of para-hydroxylation sites is 1. The van der Waals surface area contributed by atoms with Gasteiger partial charge in [-0.05, 0) is 44.3 Å². The minimum atomic E-state index is -0.217. The van der Waals surface area contributed by atoms with Crippen LogP contribution in [0.3, 0.4) is 0 Å². The van der Waals surface area contributed by atoms with Gasteiger partial charge in [-0.3, -0.25) is 9.69 Å². The zero-order chi connectivity index (χ0) is 17.8. The summed E-state index contributed by atoms with van der Waals surface area (Å²) < 4.78 is 16.7. The number of piperidine rings is 1. The van der Waals surface area contributed by atoms with E-state index in [1.807, 2.05) is 12.1 Å². The normalized spacial score (nSPS) is 25.0. The van der Waals surface area contributed by atoms with Crippen molar-refractivity contribution in [2.75, 3.05) is 33.9 Å². The number of amides is 1. The van der Waals surface area contributed by atoms with Gasteiger partial charge in [-0.2, -0.15) is 0 Å². The third kappa shape index (κ3) is 3.90. The van der Waals surface area contributed by atoms with Crippen molar-refractivity contribution in [1.29, 1.82) is 0 Å². The molecule has 0 spiro atoms. The van der Waals surface area contributed by atoms with Gasteiger partial charge < -0.3 is 19.9 Å². The zero-order valence-electron chi connectivity index (χ0n) is 15.1. The number of hydrogen-bond acceptors (Lipinski definition) is 5. The monoisotopic (exact) mass is 348 g/mol. The molecule has 0 unspecified atom stereocenters. The van der Waals surface area contributed by atoms with Gasteiger partial charge in [0.05, 0.1) is 26.2 Å². The van der Waals surface area contributed by atoms with Gasteiger partial charge in [0.15, 0.2) is 11.5 Å². The van der Waals surface area contributed by atoms with Gasteiger partial charge in [0.1, 0.15) is 0 Å². The van der Waals surface area contributed by atoms with Gasteiger partial charge in [-0.1, -0.05) is 12.1 Å². The molecule has 0 bridgehead atoms. The Hall–Kier alpha value is -1.79. The van der Waals surface area contributed by atoms with Crippen molar-refractivity contribution >= 4 is 5.91 Å². The standard InChI is InChI=1S/C19H28N2O4/c1-23-16-5-3-4-14(18(16)24-2)12-21-9-6-13(7-10-21)17-15(19(20)22)8-11-25-17/h3-5,13,15,17H,6-12H2,1-2H3,(H2,20,22)/t15-,17+/m0/s1. The summed E-state index contributed by atoms with van der Waals surface area (Å²) in [5.41, 5.74) is 6.66. The lowest BCUT2D eigenvalue weighted by molar-refractivity contribution is -0.124. The molecule has 1 amide bonds. The SMILES string of the molecule is COc1cccc(CN2CCC([C@H]3OCC[C@@H]3C(N)=O)CC2)c1OC. The quantitative estimate of drug-likeness (QED) is 0.849. The molecule has 2 saturated heterocycles.